The van der Waals surface area contributed by atoms with Crippen molar-refractivity contribution in [2.75, 3.05) is 0 Å². The molecule has 0 saturated heterocycles. The second-order valence-electron chi connectivity index (χ2n) is 2.51. The summed E-state index contributed by atoms with van der Waals surface area (Å²) in [4.78, 5) is 14.4. The Morgan fingerprint density at radius 3 is 2.93 bits per heavy atom. The van der Waals surface area contributed by atoms with Gasteiger partial charge >= 0.3 is 17.5 Å². The van der Waals surface area contributed by atoms with E-state index in [0.29, 0.717) is 5.82 Å². The zero-order chi connectivity index (χ0) is 9.97. The molecular formula is C8H6N3O3+. The van der Waals surface area contributed by atoms with Gasteiger partial charge in [0.05, 0.1) is 5.16 Å². The molecule has 0 aliphatic rings. The molecule has 0 saturated carbocycles. The maximum absolute atomic E-state index is 10.5. The summed E-state index contributed by atoms with van der Waals surface area (Å²) in [6.07, 6.45) is 2.83. The van der Waals surface area contributed by atoms with Gasteiger partial charge in [0.1, 0.15) is 6.20 Å². The molecule has 0 aliphatic heterocycles. The number of carboxylic acids is 1. The van der Waals surface area contributed by atoms with Gasteiger partial charge in [-0.3, -0.25) is 0 Å². The maximum Gasteiger partial charge on any atom is 0.378 e. The van der Waals surface area contributed by atoms with Crippen molar-refractivity contribution in [2.45, 2.75) is 0 Å². The van der Waals surface area contributed by atoms with Crippen LogP contribution in [0, 0.1) is 0 Å². The van der Waals surface area contributed by atoms with E-state index >= 15 is 0 Å². The van der Waals surface area contributed by atoms with Gasteiger partial charge in [-0.2, -0.15) is 0 Å². The van der Waals surface area contributed by atoms with E-state index in [-0.39, 0.29) is 5.69 Å². The van der Waals surface area contributed by atoms with E-state index in [1.54, 1.807) is 24.4 Å². The number of aromatic carboxylic acids is 1. The summed E-state index contributed by atoms with van der Waals surface area (Å²) in [6.45, 7) is 0. The summed E-state index contributed by atoms with van der Waals surface area (Å²) < 4.78 is 5.92. The fourth-order valence-electron chi connectivity index (χ4n) is 0.933. The number of aromatic nitrogens is 3. The Labute approximate surface area is 78.4 Å². The van der Waals surface area contributed by atoms with Gasteiger partial charge in [0.25, 0.3) is 0 Å². The second-order valence-corrected chi connectivity index (χ2v) is 2.51. The van der Waals surface area contributed by atoms with Crippen molar-refractivity contribution < 1.29 is 19.3 Å². The van der Waals surface area contributed by atoms with Gasteiger partial charge in [-0.1, -0.05) is 6.07 Å². The Bertz CT molecular complexity index is 452. The molecule has 2 rings (SSSR count). The molecule has 1 N–H and O–H groups in total. The SMILES string of the molecule is O=C(O)c1c[n+](-c2ccccn2)on1. The van der Waals surface area contributed by atoms with Crippen molar-refractivity contribution >= 4 is 5.97 Å². The lowest BCUT2D eigenvalue weighted by Crippen LogP contribution is -2.28. The third-order valence-electron chi connectivity index (χ3n) is 1.56. The average Bonchev–Trinajstić information content (AvgIpc) is 2.68. The maximum atomic E-state index is 10.5. The summed E-state index contributed by atoms with van der Waals surface area (Å²) in [5.41, 5.74) is -0.157. The lowest BCUT2D eigenvalue weighted by atomic mass is 10.4. The molecule has 2 heterocycles. The molecule has 0 spiro atoms. The fraction of sp³-hybridized carbons (Fsp3) is 0. The molecule has 0 bridgehead atoms. The van der Waals surface area contributed by atoms with Crippen LogP contribution in [0.15, 0.2) is 35.2 Å². The molecule has 2 aromatic heterocycles. The minimum Gasteiger partial charge on any atom is -0.475 e. The lowest BCUT2D eigenvalue weighted by molar-refractivity contribution is -0.796. The van der Waals surface area contributed by atoms with Crippen LogP contribution in [0.4, 0.5) is 0 Å². The van der Waals surface area contributed by atoms with Crippen LogP contribution >= 0.6 is 0 Å². The highest BCUT2D eigenvalue weighted by Crippen LogP contribution is 1.94. The third kappa shape index (κ3) is 1.45. The Morgan fingerprint density at radius 2 is 2.36 bits per heavy atom. The number of nitrogens with zero attached hydrogens (tertiary/aromatic N) is 3. The highest BCUT2D eigenvalue weighted by Gasteiger charge is 2.18. The Balaban J connectivity index is 2.39. The van der Waals surface area contributed by atoms with Crippen molar-refractivity contribution in [1.82, 2.24) is 10.1 Å². The van der Waals surface area contributed by atoms with Crippen molar-refractivity contribution in [3.8, 4) is 5.82 Å². The molecule has 6 heteroatoms. The molecule has 0 fully saturated rings. The molecule has 0 radical (unpaired) electrons. The van der Waals surface area contributed by atoms with Crippen molar-refractivity contribution in [3.63, 3.8) is 0 Å². The predicted octanol–water partition coefficient (Wildman–Crippen LogP) is 0.0445. The highest BCUT2D eigenvalue weighted by atomic mass is 16.6. The molecule has 0 aliphatic carbocycles. The van der Waals surface area contributed by atoms with Gasteiger partial charge in [-0.25, -0.2) is 4.79 Å². The zero-order valence-electron chi connectivity index (χ0n) is 6.99. The summed E-state index contributed by atoms with van der Waals surface area (Å²) >= 11 is 0. The van der Waals surface area contributed by atoms with Gasteiger partial charge in [0.15, 0.2) is 6.20 Å². The van der Waals surface area contributed by atoms with Crippen molar-refractivity contribution in [3.05, 3.63) is 36.3 Å². The first-order valence-electron chi connectivity index (χ1n) is 3.81. The quantitative estimate of drug-likeness (QED) is 0.679. The Morgan fingerprint density at radius 1 is 1.50 bits per heavy atom. The van der Waals surface area contributed by atoms with E-state index in [1.807, 2.05) is 0 Å². The van der Waals surface area contributed by atoms with E-state index < -0.39 is 5.97 Å². The zero-order valence-corrected chi connectivity index (χ0v) is 6.99. The van der Waals surface area contributed by atoms with E-state index in [4.69, 9.17) is 9.74 Å². The second kappa shape index (κ2) is 3.25. The number of hydrogen-bond donors (Lipinski definition) is 1. The van der Waals surface area contributed by atoms with Gasteiger partial charge in [0, 0.05) is 6.07 Å². The standard InChI is InChI=1S/C8H5N3O3/c12-8(13)6-5-11(14-10-6)7-3-1-2-4-9-7/h1-5H/p+1. The smallest absolute Gasteiger partial charge is 0.378 e. The van der Waals surface area contributed by atoms with E-state index in [9.17, 15) is 4.79 Å². The average molecular weight is 192 g/mol. The first-order valence-corrected chi connectivity index (χ1v) is 3.81. The lowest BCUT2D eigenvalue weighted by Gasteiger charge is -1.84. The van der Waals surface area contributed by atoms with Crippen LogP contribution in [0.5, 0.6) is 0 Å². The summed E-state index contributed by atoms with van der Waals surface area (Å²) in [7, 11) is 0. The normalized spacial score (nSPS) is 10.0. The summed E-state index contributed by atoms with van der Waals surface area (Å²) in [5, 5.41) is 11.9. The first kappa shape index (κ1) is 8.36. The molecular weight excluding hydrogens is 186 g/mol. The third-order valence-corrected chi connectivity index (χ3v) is 1.56. The Hall–Kier alpha value is -2.24. The largest absolute Gasteiger partial charge is 0.475 e. The van der Waals surface area contributed by atoms with Crippen LogP contribution in [-0.2, 0) is 0 Å². The molecule has 6 nitrogen and oxygen atoms in total. The molecule has 0 atom stereocenters. The summed E-state index contributed by atoms with van der Waals surface area (Å²) in [5.74, 6) is -0.657. The molecule has 0 unspecified atom stereocenters. The van der Waals surface area contributed by atoms with Crippen LogP contribution in [0.25, 0.3) is 5.82 Å². The molecule has 2 aromatic rings. The number of pyridine rings is 1. The molecule has 0 aromatic carbocycles. The van der Waals surface area contributed by atoms with Gasteiger partial charge in [0.2, 0.25) is 0 Å². The van der Waals surface area contributed by atoms with Gasteiger partial charge < -0.3 is 5.11 Å². The Kier molecular flexibility index (Phi) is 1.94. The first-order chi connectivity index (χ1) is 6.77. The van der Waals surface area contributed by atoms with Gasteiger partial charge in [-0.05, 0) is 10.8 Å². The number of rotatable bonds is 2. The fourth-order valence-corrected chi connectivity index (χ4v) is 0.933. The minimum atomic E-state index is -1.14. The summed E-state index contributed by atoms with van der Waals surface area (Å²) in [6, 6.07) is 5.19. The van der Waals surface area contributed by atoms with Crippen molar-refractivity contribution in [2.24, 2.45) is 0 Å². The number of hydrogen-bond acceptors (Lipinski definition) is 4. The van der Waals surface area contributed by atoms with Crippen molar-refractivity contribution in [1.29, 1.82) is 0 Å². The van der Waals surface area contributed by atoms with E-state index in [1.165, 1.54) is 10.9 Å². The van der Waals surface area contributed by atoms with Crippen LogP contribution < -0.4 is 4.74 Å². The molecule has 70 valence electrons. The van der Waals surface area contributed by atoms with Gasteiger partial charge in [-0.15, -0.1) is 9.61 Å². The monoisotopic (exact) mass is 192 g/mol. The van der Waals surface area contributed by atoms with Crippen LogP contribution in [0.3, 0.4) is 0 Å². The highest BCUT2D eigenvalue weighted by molar-refractivity contribution is 5.84. The number of carboxylic acid groups (broad SMARTS) is 1. The van der Waals surface area contributed by atoms with Crippen LogP contribution in [0.2, 0.25) is 0 Å². The predicted molar refractivity (Wildman–Crippen MR) is 42.8 cm³/mol. The van der Waals surface area contributed by atoms with E-state index in [0.717, 1.165) is 0 Å². The van der Waals surface area contributed by atoms with Crippen LogP contribution in [0.1, 0.15) is 10.5 Å². The van der Waals surface area contributed by atoms with E-state index in [2.05, 4.69) is 10.1 Å². The topological polar surface area (TPSA) is 80.1 Å². The van der Waals surface area contributed by atoms with Crippen LogP contribution in [-0.4, -0.2) is 21.2 Å². The molecule has 14 heavy (non-hydrogen) atoms. The molecule has 0 amide bonds. The minimum absolute atomic E-state index is 0.157. The number of carbonyl (C=O) groups is 1.